The molecule has 76 valence electrons. The van der Waals surface area contributed by atoms with Gasteiger partial charge in [-0.3, -0.25) is 0 Å². The van der Waals surface area contributed by atoms with Gasteiger partial charge in [-0.25, -0.2) is 0 Å². The van der Waals surface area contributed by atoms with Gasteiger partial charge in [-0.05, 0) is 37.6 Å². The largest absolute Gasteiger partial charge is 0.396 e. The summed E-state index contributed by atoms with van der Waals surface area (Å²) in [5.41, 5.74) is 0. The Labute approximate surface area is 80.7 Å². The van der Waals surface area contributed by atoms with Crippen molar-refractivity contribution in [3.8, 4) is 0 Å². The second-order valence-corrected chi connectivity index (χ2v) is 4.61. The molecule has 0 amide bonds. The molecule has 2 aliphatic rings. The first-order valence-corrected chi connectivity index (χ1v) is 5.76. The highest BCUT2D eigenvalue weighted by Crippen LogP contribution is 2.32. The Morgan fingerprint density at radius 3 is 2.54 bits per heavy atom. The van der Waals surface area contributed by atoms with Crippen molar-refractivity contribution in [1.29, 1.82) is 0 Å². The summed E-state index contributed by atoms with van der Waals surface area (Å²) in [5.74, 6) is 1.40. The molecule has 13 heavy (non-hydrogen) atoms. The Hall–Kier alpha value is -0.0800. The van der Waals surface area contributed by atoms with E-state index in [0.717, 1.165) is 12.5 Å². The van der Waals surface area contributed by atoms with E-state index in [1.807, 2.05) is 0 Å². The molecule has 1 saturated carbocycles. The first kappa shape index (κ1) is 9.47. The Morgan fingerprint density at radius 2 is 1.85 bits per heavy atom. The monoisotopic (exact) mass is 183 g/mol. The van der Waals surface area contributed by atoms with E-state index in [2.05, 4.69) is 5.32 Å². The lowest BCUT2D eigenvalue weighted by Gasteiger charge is -2.30. The minimum atomic E-state index is 0.383. The summed E-state index contributed by atoms with van der Waals surface area (Å²) in [5, 5.41) is 12.8. The number of aliphatic hydroxyl groups excluding tert-OH is 1. The molecule has 0 aromatic rings. The van der Waals surface area contributed by atoms with E-state index in [4.69, 9.17) is 0 Å². The molecule has 2 N–H and O–H groups in total. The molecular formula is C11H21NO. The lowest BCUT2D eigenvalue weighted by molar-refractivity contribution is 0.169. The molecular weight excluding hydrogens is 162 g/mol. The fourth-order valence-corrected chi connectivity index (χ4v) is 3.03. The van der Waals surface area contributed by atoms with Crippen LogP contribution in [0.1, 0.15) is 38.5 Å². The number of aliphatic hydroxyl groups is 1. The Bertz CT molecular complexity index is 154. The summed E-state index contributed by atoms with van der Waals surface area (Å²) in [6, 6.07) is 0.630. The van der Waals surface area contributed by atoms with Crippen LogP contribution in [0.4, 0.5) is 0 Å². The van der Waals surface area contributed by atoms with E-state index in [1.54, 1.807) is 0 Å². The van der Waals surface area contributed by atoms with Crippen LogP contribution in [0.15, 0.2) is 0 Å². The zero-order valence-corrected chi connectivity index (χ0v) is 8.34. The first-order valence-electron chi connectivity index (χ1n) is 5.76. The predicted molar refractivity (Wildman–Crippen MR) is 53.6 cm³/mol. The first-order chi connectivity index (χ1) is 6.42. The van der Waals surface area contributed by atoms with Gasteiger partial charge in [0.05, 0.1) is 0 Å². The fourth-order valence-electron chi connectivity index (χ4n) is 3.03. The number of hydrogen-bond acceptors (Lipinski definition) is 2. The van der Waals surface area contributed by atoms with Crippen molar-refractivity contribution >= 4 is 0 Å². The summed E-state index contributed by atoms with van der Waals surface area (Å²) in [4.78, 5) is 0. The van der Waals surface area contributed by atoms with Gasteiger partial charge in [0.25, 0.3) is 0 Å². The number of rotatable bonds is 2. The molecule has 2 heteroatoms. The quantitative estimate of drug-likeness (QED) is 0.680. The molecule has 0 aromatic heterocycles. The van der Waals surface area contributed by atoms with E-state index < -0.39 is 0 Å². The van der Waals surface area contributed by atoms with Crippen LogP contribution < -0.4 is 5.32 Å². The summed E-state index contributed by atoms with van der Waals surface area (Å²) >= 11 is 0. The van der Waals surface area contributed by atoms with Crippen molar-refractivity contribution < 1.29 is 5.11 Å². The van der Waals surface area contributed by atoms with E-state index in [9.17, 15) is 5.11 Å². The second-order valence-electron chi connectivity index (χ2n) is 4.61. The van der Waals surface area contributed by atoms with Crippen LogP contribution in [-0.2, 0) is 0 Å². The van der Waals surface area contributed by atoms with Crippen molar-refractivity contribution in [3.63, 3.8) is 0 Å². The topological polar surface area (TPSA) is 32.3 Å². The maximum atomic E-state index is 9.23. The number of hydrogen-bond donors (Lipinski definition) is 2. The van der Waals surface area contributed by atoms with Gasteiger partial charge in [0.15, 0.2) is 0 Å². The molecule has 2 rings (SSSR count). The molecule has 1 saturated heterocycles. The molecule has 1 aliphatic carbocycles. The highest BCUT2D eigenvalue weighted by molar-refractivity contribution is 4.89. The summed E-state index contributed by atoms with van der Waals surface area (Å²) in [6.07, 6.45) is 8.18. The van der Waals surface area contributed by atoms with Gasteiger partial charge in [-0.2, -0.15) is 0 Å². The fraction of sp³-hybridized carbons (Fsp3) is 1.00. The highest BCUT2D eigenvalue weighted by Gasteiger charge is 2.33. The lowest BCUT2D eigenvalue weighted by Crippen LogP contribution is -2.37. The van der Waals surface area contributed by atoms with Crippen LogP contribution in [0.25, 0.3) is 0 Å². The van der Waals surface area contributed by atoms with Crippen molar-refractivity contribution in [3.05, 3.63) is 0 Å². The summed E-state index contributed by atoms with van der Waals surface area (Å²) in [7, 11) is 0. The van der Waals surface area contributed by atoms with Gasteiger partial charge in [-0.1, -0.05) is 19.3 Å². The summed E-state index contributed by atoms with van der Waals surface area (Å²) < 4.78 is 0. The third kappa shape index (κ3) is 2.05. The maximum absolute atomic E-state index is 9.23. The van der Waals surface area contributed by atoms with E-state index >= 15 is 0 Å². The SMILES string of the molecule is OCC1CCNC1C1CCCCC1. The molecule has 0 aromatic carbocycles. The Kier molecular flexibility index (Phi) is 3.23. The molecule has 0 radical (unpaired) electrons. The van der Waals surface area contributed by atoms with E-state index in [0.29, 0.717) is 18.6 Å². The van der Waals surface area contributed by atoms with Crippen molar-refractivity contribution in [2.24, 2.45) is 11.8 Å². The average Bonchev–Trinajstić information content (AvgIpc) is 2.67. The van der Waals surface area contributed by atoms with Crippen molar-refractivity contribution in [2.45, 2.75) is 44.6 Å². The van der Waals surface area contributed by atoms with Gasteiger partial charge in [0.1, 0.15) is 0 Å². The normalized spacial score (nSPS) is 36.7. The standard InChI is InChI=1S/C11H21NO/c13-8-10-6-7-12-11(10)9-4-2-1-3-5-9/h9-13H,1-8H2. The van der Waals surface area contributed by atoms with Gasteiger partial charge in [-0.15, -0.1) is 0 Å². The van der Waals surface area contributed by atoms with Crippen molar-refractivity contribution in [2.75, 3.05) is 13.2 Å². The third-order valence-corrected chi connectivity index (χ3v) is 3.80. The van der Waals surface area contributed by atoms with Crippen LogP contribution in [0.2, 0.25) is 0 Å². The molecule has 2 fully saturated rings. The molecule has 0 spiro atoms. The van der Waals surface area contributed by atoms with Crippen LogP contribution in [-0.4, -0.2) is 24.3 Å². The number of nitrogens with one attached hydrogen (secondary N) is 1. The van der Waals surface area contributed by atoms with E-state index in [-0.39, 0.29) is 0 Å². The molecule has 1 heterocycles. The average molecular weight is 183 g/mol. The Balaban J connectivity index is 1.90. The van der Waals surface area contributed by atoms with E-state index in [1.165, 1.54) is 38.5 Å². The highest BCUT2D eigenvalue weighted by atomic mass is 16.3. The second kappa shape index (κ2) is 4.43. The summed E-state index contributed by atoms with van der Waals surface area (Å²) in [6.45, 7) is 1.50. The molecule has 1 aliphatic heterocycles. The maximum Gasteiger partial charge on any atom is 0.0474 e. The molecule has 2 unspecified atom stereocenters. The van der Waals surface area contributed by atoms with Crippen LogP contribution in [0.3, 0.4) is 0 Å². The van der Waals surface area contributed by atoms with Gasteiger partial charge >= 0.3 is 0 Å². The third-order valence-electron chi connectivity index (χ3n) is 3.80. The molecule has 2 nitrogen and oxygen atoms in total. The lowest BCUT2D eigenvalue weighted by atomic mass is 9.80. The minimum Gasteiger partial charge on any atom is -0.396 e. The van der Waals surface area contributed by atoms with Crippen LogP contribution in [0.5, 0.6) is 0 Å². The van der Waals surface area contributed by atoms with Gasteiger partial charge < -0.3 is 10.4 Å². The zero-order valence-electron chi connectivity index (χ0n) is 8.34. The van der Waals surface area contributed by atoms with Gasteiger partial charge in [0, 0.05) is 12.6 Å². The van der Waals surface area contributed by atoms with Crippen LogP contribution >= 0.6 is 0 Å². The van der Waals surface area contributed by atoms with Gasteiger partial charge in [0.2, 0.25) is 0 Å². The van der Waals surface area contributed by atoms with Crippen molar-refractivity contribution in [1.82, 2.24) is 5.32 Å². The van der Waals surface area contributed by atoms with Crippen LogP contribution in [0, 0.1) is 11.8 Å². The predicted octanol–water partition coefficient (Wildman–Crippen LogP) is 1.54. The zero-order chi connectivity index (χ0) is 9.10. The molecule has 2 atom stereocenters. The smallest absolute Gasteiger partial charge is 0.0474 e. The minimum absolute atomic E-state index is 0.383. The molecule has 0 bridgehead atoms. The Morgan fingerprint density at radius 1 is 1.08 bits per heavy atom.